The summed E-state index contributed by atoms with van der Waals surface area (Å²) in [6.45, 7) is 4.22. The predicted octanol–water partition coefficient (Wildman–Crippen LogP) is 4.10. The van der Waals surface area contributed by atoms with Crippen molar-refractivity contribution >= 4 is 11.8 Å². The van der Waals surface area contributed by atoms with Gasteiger partial charge >= 0.3 is 0 Å². The maximum absolute atomic E-state index is 6.30. The number of ether oxygens (including phenoxy) is 1. The van der Waals surface area contributed by atoms with Gasteiger partial charge in [0.2, 0.25) is 0 Å². The maximum Gasteiger partial charge on any atom is 0.119 e. The molecule has 2 N–H and O–H groups in total. The van der Waals surface area contributed by atoms with Gasteiger partial charge in [-0.2, -0.15) is 0 Å². The minimum atomic E-state index is 0.0461. The lowest BCUT2D eigenvalue weighted by atomic mass is 10.0. The molecule has 1 atom stereocenters. The molecule has 3 heteroatoms. The molecule has 2 rings (SSSR count). The Morgan fingerprint density at radius 1 is 1.10 bits per heavy atom. The van der Waals surface area contributed by atoms with Crippen LogP contribution in [0, 0.1) is 13.8 Å². The van der Waals surface area contributed by atoms with Crippen molar-refractivity contribution in [2.24, 2.45) is 5.73 Å². The summed E-state index contributed by atoms with van der Waals surface area (Å²) in [6, 6.07) is 14.6. The summed E-state index contributed by atoms with van der Waals surface area (Å²) in [5.41, 5.74) is 10.0. The Hall–Kier alpha value is -1.45. The summed E-state index contributed by atoms with van der Waals surface area (Å²) in [5.74, 6) is 1.74. The zero-order valence-electron chi connectivity index (χ0n) is 12.2. The third kappa shape index (κ3) is 4.02. The number of nitrogens with two attached hydrogens (primary N) is 1. The van der Waals surface area contributed by atoms with E-state index in [4.69, 9.17) is 10.5 Å². The fourth-order valence-corrected chi connectivity index (χ4v) is 3.14. The molecule has 0 spiro atoms. The minimum absolute atomic E-state index is 0.0461. The highest BCUT2D eigenvalue weighted by Gasteiger charge is 2.08. The number of methoxy groups -OCH3 is 1. The Morgan fingerprint density at radius 3 is 2.45 bits per heavy atom. The van der Waals surface area contributed by atoms with Crippen LogP contribution in [0.2, 0.25) is 0 Å². The second-order valence-electron chi connectivity index (χ2n) is 5.02. The van der Waals surface area contributed by atoms with Crippen molar-refractivity contribution < 1.29 is 4.74 Å². The van der Waals surface area contributed by atoms with Gasteiger partial charge < -0.3 is 10.5 Å². The monoisotopic (exact) mass is 287 g/mol. The van der Waals surface area contributed by atoms with E-state index in [0.717, 1.165) is 11.5 Å². The zero-order chi connectivity index (χ0) is 14.5. The third-order valence-electron chi connectivity index (χ3n) is 3.14. The smallest absolute Gasteiger partial charge is 0.119 e. The van der Waals surface area contributed by atoms with Crippen molar-refractivity contribution in [3.8, 4) is 5.75 Å². The van der Waals surface area contributed by atoms with E-state index in [2.05, 4.69) is 38.1 Å². The Bertz CT molecular complexity index is 563. The molecule has 0 bridgehead atoms. The Balaban J connectivity index is 2.02. The van der Waals surface area contributed by atoms with Gasteiger partial charge in [-0.3, -0.25) is 0 Å². The van der Waals surface area contributed by atoms with Gasteiger partial charge in [0.15, 0.2) is 0 Å². The minimum Gasteiger partial charge on any atom is -0.497 e. The molecule has 2 aromatic carbocycles. The van der Waals surface area contributed by atoms with Crippen LogP contribution in [0.4, 0.5) is 0 Å². The lowest BCUT2D eigenvalue weighted by Crippen LogP contribution is -2.13. The molecular weight excluding hydrogens is 266 g/mol. The first-order valence-electron chi connectivity index (χ1n) is 6.69. The van der Waals surface area contributed by atoms with Gasteiger partial charge in [0.05, 0.1) is 7.11 Å². The van der Waals surface area contributed by atoms with Crippen molar-refractivity contribution in [2.45, 2.75) is 24.8 Å². The van der Waals surface area contributed by atoms with Crippen LogP contribution in [0.3, 0.4) is 0 Å². The summed E-state index contributed by atoms with van der Waals surface area (Å²) < 4.78 is 5.23. The van der Waals surface area contributed by atoms with Crippen molar-refractivity contribution in [1.82, 2.24) is 0 Å². The molecule has 0 amide bonds. The molecular formula is C17H21NOS. The van der Waals surface area contributed by atoms with E-state index in [1.807, 2.05) is 18.2 Å². The van der Waals surface area contributed by atoms with Crippen molar-refractivity contribution in [3.63, 3.8) is 0 Å². The van der Waals surface area contributed by atoms with Crippen LogP contribution >= 0.6 is 11.8 Å². The van der Waals surface area contributed by atoms with Gasteiger partial charge in [-0.1, -0.05) is 35.4 Å². The molecule has 0 heterocycles. The number of hydrogen-bond acceptors (Lipinski definition) is 3. The first kappa shape index (κ1) is 14.9. The topological polar surface area (TPSA) is 35.2 Å². The first-order chi connectivity index (χ1) is 9.58. The molecule has 106 valence electrons. The summed E-state index contributed by atoms with van der Waals surface area (Å²) in [7, 11) is 1.69. The lowest BCUT2D eigenvalue weighted by molar-refractivity contribution is 0.413. The van der Waals surface area contributed by atoms with E-state index in [1.165, 1.54) is 21.6 Å². The second kappa shape index (κ2) is 6.82. The van der Waals surface area contributed by atoms with Crippen molar-refractivity contribution in [3.05, 3.63) is 59.2 Å². The highest BCUT2D eigenvalue weighted by Crippen LogP contribution is 2.27. The fraction of sp³-hybridized carbons (Fsp3) is 0.294. The molecule has 2 nitrogen and oxygen atoms in total. The lowest BCUT2D eigenvalue weighted by Gasteiger charge is -2.14. The highest BCUT2D eigenvalue weighted by atomic mass is 32.2. The number of hydrogen-bond donors (Lipinski definition) is 1. The molecule has 0 aromatic heterocycles. The quantitative estimate of drug-likeness (QED) is 0.841. The van der Waals surface area contributed by atoms with Crippen molar-refractivity contribution in [1.29, 1.82) is 0 Å². The van der Waals surface area contributed by atoms with E-state index < -0.39 is 0 Å². The predicted molar refractivity (Wildman–Crippen MR) is 86.6 cm³/mol. The van der Waals surface area contributed by atoms with Gasteiger partial charge in [-0.25, -0.2) is 0 Å². The molecule has 0 radical (unpaired) electrons. The van der Waals surface area contributed by atoms with Crippen LogP contribution in [0.15, 0.2) is 47.4 Å². The van der Waals surface area contributed by atoms with E-state index >= 15 is 0 Å². The summed E-state index contributed by atoms with van der Waals surface area (Å²) in [6.07, 6.45) is 0. The van der Waals surface area contributed by atoms with Crippen molar-refractivity contribution in [2.75, 3.05) is 12.9 Å². The number of thioether (sulfide) groups is 1. The molecule has 2 aromatic rings. The van der Waals surface area contributed by atoms with Gasteiger partial charge in [0.1, 0.15) is 5.75 Å². The van der Waals surface area contributed by atoms with Gasteiger partial charge in [-0.15, -0.1) is 11.8 Å². The summed E-state index contributed by atoms with van der Waals surface area (Å²) >= 11 is 1.76. The molecule has 0 saturated heterocycles. The zero-order valence-corrected chi connectivity index (χ0v) is 13.0. The summed E-state index contributed by atoms with van der Waals surface area (Å²) in [5, 5.41) is 0. The van der Waals surface area contributed by atoms with Gasteiger partial charge in [0.25, 0.3) is 0 Å². The average Bonchev–Trinajstić information content (AvgIpc) is 2.44. The normalized spacial score (nSPS) is 12.2. The third-order valence-corrected chi connectivity index (χ3v) is 4.26. The van der Waals surface area contributed by atoms with Gasteiger partial charge in [-0.05, 0) is 37.6 Å². The number of benzene rings is 2. The highest BCUT2D eigenvalue weighted by molar-refractivity contribution is 7.99. The van der Waals surface area contributed by atoms with Crippen LogP contribution in [-0.2, 0) is 0 Å². The molecule has 20 heavy (non-hydrogen) atoms. The Morgan fingerprint density at radius 2 is 1.80 bits per heavy atom. The first-order valence-corrected chi connectivity index (χ1v) is 7.67. The number of rotatable bonds is 5. The summed E-state index contributed by atoms with van der Waals surface area (Å²) in [4.78, 5) is 1.18. The molecule has 0 aliphatic rings. The van der Waals surface area contributed by atoms with Crippen LogP contribution in [0.5, 0.6) is 5.75 Å². The largest absolute Gasteiger partial charge is 0.497 e. The average molecular weight is 287 g/mol. The van der Waals surface area contributed by atoms with E-state index in [1.54, 1.807) is 18.9 Å². The maximum atomic E-state index is 6.30. The molecule has 0 aliphatic carbocycles. The molecule has 0 saturated carbocycles. The standard InChI is InChI=1S/C17H21NOS/c1-12-7-13(2)9-14(8-12)17(18)11-20-16-6-4-5-15(10-16)19-3/h4-10,17H,11,18H2,1-3H3. The number of aryl methyl sites for hydroxylation is 2. The van der Waals surface area contributed by atoms with Gasteiger partial charge in [0, 0.05) is 16.7 Å². The van der Waals surface area contributed by atoms with Crippen LogP contribution in [0.1, 0.15) is 22.7 Å². The molecule has 0 fully saturated rings. The van der Waals surface area contributed by atoms with Crippen LogP contribution < -0.4 is 10.5 Å². The van der Waals surface area contributed by atoms with E-state index in [9.17, 15) is 0 Å². The fourth-order valence-electron chi connectivity index (χ4n) is 2.20. The van der Waals surface area contributed by atoms with Crippen LogP contribution in [-0.4, -0.2) is 12.9 Å². The molecule has 1 unspecified atom stereocenters. The Kier molecular flexibility index (Phi) is 5.10. The van der Waals surface area contributed by atoms with E-state index in [0.29, 0.717) is 0 Å². The SMILES string of the molecule is COc1cccc(SCC(N)c2cc(C)cc(C)c2)c1. The van der Waals surface area contributed by atoms with Crippen LogP contribution in [0.25, 0.3) is 0 Å². The Labute approximate surface area is 125 Å². The second-order valence-corrected chi connectivity index (χ2v) is 6.11. The molecule has 0 aliphatic heterocycles. The van der Waals surface area contributed by atoms with E-state index in [-0.39, 0.29) is 6.04 Å².